The van der Waals surface area contributed by atoms with Crippen molar-refractivity contribution in [2.24, 2.45) is 0 Å². The predicted molar refractivity (Wildman–Crippen MR) is 68.9 cm³/mol. The highest BCUT2D eigenvalue weighted by Crippen LogP contribution is 2.11. The van der Waals surface area contributed by atoms with Gasteiger partial charge in [-0.2, -0.15) is 0 Å². The molecule has 0 saturated heterocycles. The third kappa shape index (κ3) is 6.45. The summed E-state index contributed by atoms with van der Waals surface area (Å²) in [6.45, 7) is 3.80. The molecule has 0 N–H and O–H groups in total. The van der Waals surface area contributed by atoms with E-state index in [4.69, 9.17) is 14.2 Å². The fourth-order valence-corrected chi connectivity index (χ4v) is 1.39. The second-order valence-electron chi connectivity index (χ2n) is 3.94. The van der Waals surface area contributed by atoms with Crippen molar-refractivity contribution in [1.82, 2.24) is 0 Å². The van der Waals surface area contributed by atoms with Crippen LogP contribution in [0, 0.1) is 0 Å². The van der Waals surface area contributed by atoms with Gasteiger partial charge in [-0.05, 0) is 32.4 Å². The first-order valence-corrected chi connectivity index (χ1v) is 6.21. The quantitative estimate of drug-likeness (QED) is 0.585. The lowest BCUT2D eigenvalue weighted by Gasteiger charge is -2.12. The van der Waals surface area contributed by atoms with Gasteiger partial charge in [0.2, 0.25) is 0 Å². The minimum Gasteiger partial charge on any atom is -0.466 e. The Bertz CT molecular complexity index is 402. The number of benzene rings is 1. The van der Waals surface area contributed by atoms with Gasteiger partial charge in [0, 0.05) is 6.42 Å². The molecule has 0 spiro atoms. The molecule has 104 valence electrons. The zero-order valence-corrected chi connectivity index (χ0v) is 11.1. The summed E-state index contributed by atoms with van der Waals surface area (Å²) in [4.78, 5) is 22.6. The summed E-state index contributed by atoms with van der Waals surface area (Å²) in [5.74, 6) is 0.125. The van der Waals surface area contributed by atoms with Gasteiger partial charge in [0.15, 0.2) is 0 Å². The fraction of sp³-hybridized carbons (Fsp3) is 0.429. The van der Waals surface area contributed by atoms with E-state index in [1.54, 1.807) is 38.1 Å². The smallest absolute Gasteiger partial charge is 0.466 e. The van der Waals surface area contributed by atoms with Crippen molar-refractivity contribution < 1.29 is 23.8 Å². The van der Waals surface area contributed by atoms with Crippen LogP contribution < -0.4 is 4.74 Å². The molecule has 0 amide bonds. The molecule has 1 unspecified atom stereocenters. The van der Waals surface area contributed by atoms with E-state index >= 15 is 0 Å². The summed E-state index contributed by atoms with van der Waals surface area (Å²) in [5.41, 5.74) is 0. The Morgan fingerprint density at radius 2 is 1.89 bits per heavy atom. The highest BCUT2D eigenvalue weighted by Gasteiger charge is 2.13. The van der Waals surface area contributed by atoms with Crippen LogP contribution in [0.15, 0.2) is 30.3 Å². The van der Waals surface area contributed by atoms with E-state index in [2.05, 4.69) is 0 Å². The van der Waals surface area contributed by atoms with E-state index in [1.165, 1.54) is 0 Å². The molecular weight excluding hydrogens is 248 g/mol. The van der Waals surface area contributed by atoms with Crippen molar-refractivity contribution in [1.29, 1.82) is 0 Å². The van der Waals surface area contributed by atoms with Crippen LogP contribution in [-0.4, -0.2) is 24.8 Å². The van der Waals surface area contributed by atoms with Gasteiger partial charge in [-0.25, -0.2) is 4.79 Å². The lowest BCUT2D eigenvalue weighted by atomic mass is 10.2. The van der Waals surface area contributed by atoms with Crippen LogP contribution in [0.3, 0.4) is 0 Å². The van der Waals surface area contributed by atoms with Crippen LogP contribution in [0.25, 0.3) is 0 Å². The minimum absolute atomic E-state index is 0.216. The van der Waals surface area contributed by atoms with Crippen LogP contribution in [0.4, 0.5) is 4.79 Å². The molecule has 0 heterocycles. The van der Waals surface area contributed by atoms with Crippen LogP contribution in [0.2, 0.25) is 0 Å². The standard InChI is InChI=1S/C14H18O5/c1-3-17-13(15)10-9-11(2)18-14(16)19-12-7-5-4-6-8-12/h4-8,11H,3,9-10H2,1-2H3. The first-order valence-electron chi connectivity index (χ1n) is 6.21. The lowest BCUT2D eigenvalue weighted by molar-refractivity contribution is -0.143. The summed E-state index contributed by atoms with van der Waals surface area (Å²) in [5, 5.41) is 0. The van der Waals surface area contributed by atoms with Gasteiger partial charge in [-0.15, -0.1) is 0 Å². The van der Waals surface area contributed by atoms with E-state index in [1.807, 2.05) is 6.07 Å². The van der Waals surface area contributed by atoms with E-state index in [-0.39, 0.29) is 12.4 Å². The average Bonchev–Trinajstić information content (AvgIpc) is 2.38. The number of rotatable bonds is 6. The van der Waals surface area contributed by atoms with Gasteiger partial charge in [0.1, 0.15) is 11.9 Å². The maximum Gasteiger partial charge on any atom is 0.514 e. The molecule has 0 radical (unpaired) electrons. The Morgan fingerprint density at radius 1 is 1.21 bits per heavy atom. The monoisotopic (exact) mass is 266 g/mol. The number of esters is 1. The topological polar surface area (TPSA) is 61.8 Å². The third-order valence-corrected chi connectivity index (χ3v) is 2.30. The van der Waals surface area contributed by atoms with E-state index in [0.717, 1.165) is 0 Å². The third-order valence-electron chi connectivity index (χ3n) is 2.30. The molecule has 5 nitrogen and oxygen atoms in total. The summed E-state index contributed by atoms with van der Waals surface area (Å²) in [6, 6.07) is 8.65. The molecule has 0 aliphatic carbocycles. The normalized spacial score (nSPS) is 11.5. The summed E-state index contributed by atoms with van der Waals surface area (Å²) >= 11 is 0. The van der Waals surface area contributed by atoms with Gasteiger partial charge in [0.25, 0.3) is 0 Å². The Morgan fingerprint density at radius 3 is 2.53 bits per heavy atom. The van der Waals surface area contributed by atoms with Crippen LogP contribution >= 0.6 is 0 Å². The number of ether oxygens (including phenoxy) is 3. The summed E-state index contributed by atoms with van der Waals surface area (Å²) < 4.78 is 14.8. The molecule has 0 aromatic heterocycles. The zero-order valence-electron chi connectivity index (χ0n) is 11.1. The van der Waals surface area contributed by atoms with E-state index in [9.17, 15) is 9.59 Å². The maximum atomic E-state index is 11.4. The molecule has 5 heteroatoms. The van der Waals surface area contributed by atoms with Gasteiger partial charge in [-0.3, -0.25) is 4.79 Å². The number of para-hydroxylation sites is 1. The van der Waals surface area contributed by atoms with Crippen LogP contribution in [0.1, 0.15) is 26.7 Å². The van der Waals surface area contributed by atoms with Crippen molar-refractivity contribution in [3.63, 3.8) is 0 Å². The molecule has 0 aliphatic rings. The first kappa shape index (κ1) is 15.0. The van der Waals surface area contributed by atoms with Crippen LogP contribution in [0.5, 0.6) is 5.75 Å². The lowest BCUT2D eigenvalue weighted by Crippen LogP contribution is -2.19. The zero-order chi connectivity index (χ0) is 14.1. The fourth-order valence-electron chi connectivity index (χ4n) is 1.39. The van der Waals surface area contributed by atoms with Crippen molar-refractivity contribution in [2.75, 3.05) is 6.61 Å². The molecule has 0 aliphatic heterocycles. The first-order chi connectivity index (χ1) is 9.11. The highest BCUT2D eigenvalue weighted by atomic mass is 16.7. The number of hydrogen-bond donors (Lipinski definition) is 0. The average molecular weight is 266 g/mol. The largest absolute Gasteiger partial charge is 0.514 e. The predicted octanol–water partition coefficient (Wildman–Crippen LogP) is 2.93. The molecule has 0 fully saturated rings. The van der Waals surface area contributed by atoms with Gasteiger partial charge in [0.05, 0.1) is 6.61 Å². The van der Waals surface area contributed by atoms with E-state index < -0.39 is 12.3 Å². The van der Waals surface area contributed by atoms with Crippen molar-refractivity contribution >= 4 is 12.1 Å². The molecule has 1 rings (SSSR count). The summed E-state index contributed by atoms with van der Waals surface area (Å²) in [6.07, 6.45) is -0.556. The Hall–Kier alpha value is -2.04. The second kappa shape index (κ2) is 8.13. The van der Waals surface area contributed by atoms with Crippen molar-refractivity contribution in [2.45, 2.75) is 32.8 Å². The number of carbonyl (C=O) groups is 2. The number of hydrogen-bond acceptors (Lipinski definition) is 5. The molecule has 1 aromatic carbocycles. The molecule has 1 aromatic rings. The Labute approximate surface area is 112 Å². The van der Waals surface area contributed by atoms with Crippen LogP contribution in [-0.2, 0) is 14.3 Å². The molecule has 1 atom stereocenters. The minimum atomic E-state index is -0.775. The maximum absolute atomic E-state index is 11.4. The number of carbonyl (C=O) groups excluding carboxylic acids is 2. The van der Waals surface area contributed by atoms with E-state index in [0.29, 0.717) is 18.8 Å². The van der Waals surface area contributed by atoms with Gasteiger partial charge in [-0.1, -0.05) is 18.2 Å². The summed E-state index contributed by atoms with van der Waals surface area (Å²) in [7, 11) is 0. The van der Waals surface area contributed by atoms with Crippen molar-refractivity contribution in [3.05, 3.63) is 30.3 Å². The molecule has 0 saturated carbocycles. The molecule has 19 heavy (non-hydrogen) atoms. The SMILES string of the molecule is CCOC(=O)CCC(C)OC(=O)Oc1ccccc1. The van der Waals surface area contributed by atoms with Gasteiger partial charge >= 0.3 is 12.1 Å². The molecule has 0 bridgehead atoms. The Balaban J connectivity index is 2.26. The second-order valence-corrected chi connectivity index (χ2v) is 3.94. The Kier molecular flexibility index (Phi) is 6.43. The van der Waals surface area contributed by atoms with Crippen molar-refractivity contribution in [3.8, 4) is 5.75 Å². The highest BCUT2D eigenvalue weighted by molar-refractivity contribution is 5.69. The van der Waals surface area contributed by atoms with Gasteiger partial charge < -0.3 is 14.2 Å². The molecular formula is C14H18O5.